The van der Waals surface area contributed by atoms with Gasteiger partial charge >= 0.3 is 0 Å². The van der Waals surface area contributed by atoms with Crippen molar-refractivity contribution in [2.24, 2.45) is 0 Å². The number of nitrogens with one attached hydrogen (secondary N) is 1. The number of carbonyl (C=O) groups excluding carboxylic acids is 1. The van der Waals surface area contributed by atoms with Gasteiger partial charge in [-0.15, -0.1) is 11.3 Å². The number of sulfonamides is 1. The van der Waals surface area contributed by atoms with Crippen molar-refractivity contribution in [3.05, 3.63) is 70.7 Å². The predicted octanol–water partition coefficient (Wildman–Crippen LogP) is 3.51. The standard InChI is InChI=1S/C26H31N3O5S2/c1-18-15-20(7-8-21(18)25-27-11-14-35-25)19-9-12-29(13-10-19)36(33,34)26(2,17-30)16-28-24(32)22-5-3-4-6-23(22)31/h3-8,11,14-15,19,30-31H,9-10,12-13,16-17H2,1-2H3,(H,28,32). The Hall–Kier alpha value is -2.79. The van der Waals surface area contributed by atoms with Crippen LogP contribution in [0.1, 0.15) is 47.2 Å². The van der Waals surface area contributed by atoms with Crippen LogP contribution in [0.25, 0.3) is 10.6 Å². The highest BCUT2D eigenvalue weighted by Gasteiger charge is 2.44. The number of para-hydroxylation sites is 1. The van der Waals surface area contributed by atoms with Crippen LogP contribution in [0.3, 0.4) is 0 Å². The van der Waals surface area contributed by atoms with Crippen LogP contribution < -0.4 is 5.32 Å². The molecular weight excluding hydrogens is 498 g/mol. The van der Waals surface area contributed by atoms with E-state index in [0.29, 0.717) is 25.9 Å². The largest absolute Gasteiger partial charge is 0.507 e. The van der Waals surface area contributed by atoms with Crippen LogP contribution in [0, 0.1) is 6.92 Å². The number of thiazole rings is 1. The van der Waals surface area contributed by atoms with Crippen LogP contribution in [-0.2, 0) is 10.0 Å². The molecule has 0 radical (unpaired) electrons. The maximum Gasteiger partial charge on any atom is 0.255 e. The van der Waals surface area contributed by atoms with E-state index in [1.54, 1.807) is 29.7 Å². The summed E-state index contributed by atoms with van der Waals surface area (Å²) >= 11 is 1.60. The van der Waals surface area contributed by atoms with E-state index in [1.807, 2.05) is 5.38 Å². The SMILES string of the molecule is Cc1cc(C2CCN(S(=O)(=O)C(C)(CO)CNC(=O)c3ccccc3O)CC2)ccc1-c1nccs1. The first kappa shape index (κ1) is 26.3. The van der Waals surface area contributed by atoms with Crippen LogP contribution in [0.4, 0.5) is 0 Å². The molecule has 2 heterocycles. The molecule has 0 saturated carbocycles. The summed E-state index contributed by atoms with van der Waals surface area (Å²) in [6, 6.07) is 12.4. The predicted molar refractivity (Wildman–Crippen MR) is 141 cm³/mol. The Kier molecular flexibility index (Phi) is 7.79. The molecule has 3 aromatic rings. The summed E-state index contributed by atoms with van der Waals surface area (Å²) in [7, 11) is -3.91. The molecule has 1 aliphatic rings. The average Bonchev–Trinajstić information content (AvgIpc) is 3.42. The molecule has 1 amide bonds. The molecule has 0 spiro atoms. The van der Waals surface area contributed by atoms with E-state index in [0.717, 1.165) is 16.1 Å². The van der Waals surface area contributed by atoms with Crippen molar-refractivity contribution >= 4 is 27.3 Å². The maximum absolute atomic E-state index is 13.5. The molecule has 1 unspecified atom stereocenters. The van der Waals surface area contributed by atoms with Crippen molar-refractivity contribution in [1.82, 2.24) is 14.6 Å². The van der Waals surface area contributed by atoms with Crippen LogP contribution in [0.2, 0.25) is 0 Å². The van der Waals surface area contributed by atoms with Gasteiger partial charge in [0.1, 0.15) is 15.5 Å². The Labute approximate surface area is 215 Å². The number of aryl methyl sites for hydroxylation is 1. The van der Waals surface area contributed by atoms with Crippen LogP contribution in [0.15, 0.2) is 54.0 Å². The first-order valence-electron chi connectivity index (χ1n) is 11.8. The average molecular weight is 530 g/mol. The van der Waals surface area contributed by atoms with Gasteiger partial charge in [0.25, 0.3) is 5.91 Å². The molecular formula is C26H31N3O5S2. The van der Waals surface area contributed by atoms with Crippen molar-refractivity contribution in [3.8, 4) is 16.3 Å². The van der Waals surface area contributed by atoms with E-state index in [4.69, 9.17) is 0 Å². The van der Waals surface area contributed by atoms with E-state index >= 15 is 0 Å². The van der Waals surface area contributed by atoms with Gasteiger partial charge in [-0.1, -0.05) is 30.3 Å². The fourth-order valence-electron chi connectivity index (χ4n) is 4.54. The Morgan fingerprint density at radius 3 is 2.56 bits per heavy atom. The Morgan fingerprint density at radius 1 is 1.22 bits per heavy atom. The van der Waals surface area contributed by atoms with Gasteiger partial charge in [-0.2, -0.15) is 0 Å². The second-order valence-electron chi connectivity index (χ2n) is 9.40. The lowest BCUT2D eigenvalue weighted by molar-refractivity contribution is 0.0942. The Balaban J connectivity index is 1.41. The molecule has 192 valence electrons. The van der Waals surface area contributed by atoms with Gasteiger partial charge in [0.05, 0.1) is 12.2 Å². The van der Waals surface area contributed by atoms with Gasteiger partial charge in [0.15, 0.2) is 0 Å². The first-order valence-corrected chi connectivity index (χ1v) is 14.2. The van der Waals surface area contributed by atoms with Crippen molar-refractivity contribution in [1.29, 1.82) is 0 Å². The lowest BCUT2D eigenvalue weighted by Crippen LogP contribution is -2.56. The molecule has 36 heavy (non-hydrogen) atoms. The number of aromatic hydroxyl groups is 1. The number of phenolic OH excluding ortho intramolecular Hbond substituents is 1. The Bertz CT molecular complexity index is 1320. The van der Waals surface area contributed by atoms with Crippen LogP contribution >= 0.6 is 11.3 Å². The number of piperidine rings is 1. The van der Waals surface area contributed by atoms with Crippen molar-refractivity contribution in [2.75, 3.05) is 26.2 Å². The van der Waals surface area contributed by atoms with Gasteiger partial charge < -0.3 is 15.5 Å². The number of aliphatic hydroxyl groups is 1. The highest BCUT2D eigenvalue weighted by Crippen LogP contribution is 2.34. The van der Waals surface area contributed by atoms with Crippen LogP contribution in [0.5, 0.6) is 5.75 Å². The van der Waals surface area contributed by atoms with Gasteiger partial charge in [0, 0.05) is 36.8 Å². The first-order chi connectivity index (χ1) is 17.2. The summed E-state index contributed by atoms with van der Waals surface area (Å²) < 4.78 is 26.8. The van der Waals surface area contributed by atoms with Crippen LogP contribution in [-0.4, -0.2) is 64.8 Å². The van der Waals surface area contributed by atoms with E-state index in [1.165, 1.54) is 28.9 Å². The molecule has 8 nitrogen and oxygen atoms in total. The summed E-state index contributed by atoms with van der Waals surface area (Å²) in [5.41, 5.74) is 3.49. The third kappa shape index (κ3) is 5.17. The minimum Gasteiger partial charge on any atom is -0.507 e. The van der Waals surface area contributed by atoms with Crippen molar-refractivity contribution in [3.63, 3.8) is 0 Å². The van der Waals surface area contributed by atoms with E-state index in [-0.39, 0.29) is 23.8 Å². The minimum atomic E-state index is -3.91. The number of amides is 1. The Morgan fingerprint density at radius 2 is 1.94 bits per heavy atom. The third-order valence-electron chi connectivity index (χ3n) is 6.91. The molecule has 4 rings (SSSR count). The summed E-state index contributed by atoms with van der Waals surface area (Å²) in [5.74, 6) is -0.555. The lowest BCUT2D eigenvalue weighted by atomic mass is 9.88. The zero-order valence-corrected chi connectivity index (χ0v) is 22.0. The lowest BCUT2D eigenvalue weighted by Gasteiger charge is -2.38. The fourth-order valence-corrected chi connectivity index (χ4v) is 7.00. The molecule has 0 aliphatic carbocycles. The summed E-state index contributed by atoms with van der Waals surface area (Å²) in [5, 5.41) is 25.4. The van der Waals surface area contributed by atoms with E-state index in [9.17, 15) is 23.4 Å². The van der Waals surface area contributed by atoms with Gasteiger partial charge in [0.2, 0.25) is 10.0 Å². The molecule has 1 fully saturated rings. The number of nitrogens with zero attached hydrogens (tertiary/aromatic N) is 2. The third-order valence-corrected chi connectivity index (χ3v) is 10.3. The maximum atomic E-state index is 13.5. The molecule has 1 aliphatic heterocycles. The fraction of sp³-hybridized carbons (Fsp3) is 0.385. The summed E-state index contributed by atoms with van der Waals surface area (Å²) in [6.45, 7) is 3.24. The topological polar surface area (TPSA) is 120 Å². The normalized spacial score (nSPS) is 17.0. The minimum absolute atomic E-state index is 0.0483. The molecule has 1 atom stereocenters. The van der Waals surface area contributed by atoms with Gasteiger partial charge in [-0.05, 0) is 55.9 Å². The number of hydrogen-bond donors (Lipinski definition) is 3. The number of aliphatic hydroxyl groups excluding tert-OH is 1. The zero-order valence-electron chi connectivity index (χ0n) is 20.3. The molecule has 2 aromatic carbocycles. The second kappa shape index (κ2) is 10.7. The van der Waals surface area contributed by atoms with Crippen molar-refractivity contribution < 1.29 is 23.4 Å². The quantitative estimate of drug-likeness (QED) is 0.411. The molecule has 1 aromatic heterocycles. The highest BCUT2D eigenvalue weighted by molar-refractivity contribution is 7.90. The second-order valence-corrected chi connectivity index (χ2v) is 12.7. The molecule has 1 saturated heterocycles. The molecule has 3 N–H and O–H groups in total. The number of hydrogen-bond acceptors (Lipinski definition) is 7. The van der Waals surface area contributed by atoms with E-state index < -0.39 is 27.3 Å². The number of phenols is 1. The summed E-state index contributed by atoms with van der Waals surface area (Å²) in [4.78, 5) is 16.9. The number of rotatable bonds is 8. The molecule has 0 bridgehead atoms. The molecule has 10 heteroatoms. The monoisotopic (exact) mass is 529 g/mol. The van der Waals surface area contributed by atoms with Crippen molar-refractivity contribution in [2.45, 2.75) is 37.4 Å². The summed E-state index contributed by atoms with van der Waals surface area (Å²) in [6.07, 6.45) is 3.13. The van der Waals surface area contributed by atoms with Gasteiger partial charge in [-0.25, -0.2) is 17.7 Å². The van der Waals surface area contributed by atoms with E-state index in [2.05, 4.69) is 35.4 Å². The smallest absolute Gasteiger partial charge is 0.255 e. The number of aromatic nitrogens is 1. The highest BCUT2D eigenvalue weighted by atomic mass is 32.2. The number of carbonyl (C=O) groups is 1. The number of benzene rings is 2. The zero-order chi connectivity index (χ0) is 25.9. The van der Waals surface area contributed by atoms with Gasteiger partial charge in [-0.3, -0.25) is 4.79 Å².